The summed E-state index contributed by atoms with van der Waals surface area (Å²) in [6.07, 6.45) is 4.55. The van der Waals surface area contributed by atoms with E-state index in [0.29, 0.717) is 18.8 Å². The van der Waals surface area contributed by atoms with E-state index in [1.807, 2.05) is 18.2 Å². The largest absolute Gasteiger partial charge is 0.310 e. The molecule has 5 heteroatoms. The molecule has 0 saturated heterocycles. The van der Waals surface area contributed by atoms with Crippen molar-refractivity contribution in [2.45, 2.75) is 32.7 Å². The molecule has 18 heavy (non-hydrogen) atoms. The van der Waals surface area contributed by atoms with Crippen molar-refractivity contribution in [1.82, 2.24) is 10.3 Å². The maximum Gasteiger partial charge on any atom is 0.151 e. The van der Waals surface area contributed by atoms with E-state index in [2.05, 4.69) is 17.2 Å². The number of sulfone groups is 1. The zero-order chi connectivity index (χ0) is 13.3. The van der Waals surface area contributed by atoms with Crippen LogP contribution < -0.4 is 5.32 Å². The van der Waals surface area contributed by atoms with Gasteiger partial charge >= 0.3 is 0 Å². The molecule has 0 radical (unpaired) electrons. The maximum atomic E-state index is 11.7. The topological polar surface area (TPSA) is 59.1 Å². The van der Waals surface area contributed by atoms with Crippen molar-refractivity contribution in [2.24, 2.45) is 0 Å². The fourth-order valence-electron chi connectivity index (χ4n) is 1.62. The first-order valence-electron chi connectivity index (χ1n) is 6.45. The second-order valence-corrected chi connectivity index (χ2v) is 6.66. The van der Waals surface area contributed by atoms with Gasteiger partial charge in [0.15, 0.2) is 9.84 Å². The standard InChI is InChI=1S/C13H22N2O2S/c1-2-3-6-10-18(16,17)11-9-14-12-13-7-4-5-8-15-13/h4-5,7-8,14H,2-3,6,9-12H2,1H3. The molecule has 4 nitrogen and oxygen atoms in total. The monoisotopic (exact) mass is 270 g/mol. The third-order valence-electron chi connectivity index (χ3n) is 2.68. The van der Waals surface area contributed by atoms with Gasteiger partial charge < -0.3 is 5.32 Å². The van der Waals surface area contributed by atoms with E-state index < -0.39 is 9.84 Å². The van der Waals surface area contributed by atoms with Crippen LogP contribution in [-0.2, 0) is 16.4 Å². The van der Waals surface area contributed by atoms with Crippen molar-refractivity contribution >= 4 is 9.84 Å². The quantitative estimate of drug-likeness (QED) is 0.695. The van der Waals surface area contributed by atoms with Gasteiger partial charge in [0, 0.05) is 19.3 Å². The predicted molar refractivity (Wildman–Crippen MR) is 74.1 cm³/mol. The lowest BCUT2D eigenvalue weighted by molar-refractivity contribution is 0.585. The highest BCUT2D eigenvalue weighted by molar-refractivity contribution is 7.91. The lowest BCUT2D eigenvalue weighted by atomic mass is 10.3. The minimum absolute atomic E-state index is 0.212. The van der Waals surface area contributed by atoms with Crippen LogP contribution in [0.4, 0.5) is 0 Å². The van der Waals surface area contributed by atoms with E-state index in [0.717, 1.165) is 25.0 Å². The van der Waals surface area contributed by atoms with Gasteiger partial charge in [-0.05, 0) is 18.6 Å². The highest BCUT2D eigenvalue weighted by atomic mass is 32.2. The van der Waals surface area contributed by atoms with Crippen LogP contribution in [0.5, 0.6) is 0 Å². The molecule has 0 spiro atoms. The number of nitrogens with one attached hydrogen (secondary N) is 1. The fraction of sp³-hybridized carbons (Fsp3) is 0.615. The molecule has 1 N–H and O–H groups in total. The van der Waals surface area contributed by atoms with Crippen LogP contribution in [0, 0.1) is 0 Å². The average Bonchev–Trinajstić information content (AvgIpc) is 2.36. The number of aromatic nitrogens is 1. The molecule has 0 aliphatic heterocycles. The Labute approximate surface area is 110 Å². The van der Waals surface area contributed by atoms with Crippen molar-refractivity contribution in [3.8, 4) is 0 Å². The van der Waals surface area contributed by atoms with Crippen molar-refractivity contribution in [2.75, 3.05) is 18.1 Å². The first-order chi connectivity index (χ1) is 8.64. The average molecular weight is 270 g/mol. The number of hydrogen-bond donors (Lipinski definition) is 1. The van der Waals surface area contributed by atoms with Gasteiger partial charge in [-0.15, -0.1) is 0 Å². The molecular weight excluding hydrogens is 248 g/mol. The van der Waals surface area contributed by atoms with Gasteiger partial charge in [0.2, 0.25) is 0 Å². The third-order valence-corrected chi connectivity index (χ3v) is 4.42. The molecule has 0 fully saturated rings. The zero-order valence-electron chi connectivity index (χ0n) is 10.9. The number of nitrogens with zero attached hydrogens (tertiary/aromatic N) is 1. The molecule has 0 unspecified atom stereocenters. The predicted octanol–water partition coefficient (Wildman–Crippen LogP) is 1.78. The second kappa shape index (κ2) is 8.21. The minimum Gasteiger partial charge on any atom is -0.310 e. The van der Waals surface area contributed by atoms with Crippen molar-refractivity contribution in [1.29, 1.82) is 0 Å². The molecule has 102 valence electrons. The molecule has 0 bridgehead atoms. The van der Waals surface area contributed by atoms with Crippen molar-refractivity contribution in [3.05, 3.63) is 30.1 Å². The van der Waals surface area contributed by atoms with Gasteiger partial charge in [-0.1, -0.05) is 25.8 Å². The summed E-state index contributed by atoms with van der Waals surface area (Å²) in [4.78, 5) is 4.16. The highest BCUT2D eigenvalue weighted by Gasteiger charge is 2.09. The Balaban J connectivity index is 2.17. The van der Waals surface area contributed by atoms with Gasteiger partial charge in [0.05, 0.1) is 17.2 Å². The van der Waals surface area contributed by atoms with Gasteiger partial charge in [0.1, 0.15) is 0 Å². The molecule has 1 aromatic rings. The Bertz CT molecular complexity index is 418. The van der Waals surface area contributed by atoms with Crippen molar-refractivity contribution in [3.63, 3.8) is 0 Å². The summed E-state index contributed by atoms with van der Waals surface area (Å²) < 4.78 is 23.3. The van der Waals surface area contributed by atoms with E-state index in [-0.39, 0.29) is 5.75 Å². The zero-order valence-corrected chi connectivity index (χ0v) is 11.7. The van der Waals surface area contributed by atoms with Gasteiger partial charge in [-0.2, -0.15) is 0 Å². The summed E-state index contributed by atoms with van der Waals surface area (Å²) in [5.74, 6) is 0.523. The SMILES string of the molecule is CCCCCS(=O)(=O)CCNCc1ccccn1. The van der Waals surface area contributed by atoms with Crippen LogP contribution in [0.1, 0.15) is 31.9 Å². The van der Waals surface area contributed by atoms with E-state index in [9.17, 15) is 8.42 Å². The second-order valence-electron chi connectivity index (χ2n) is 4.36. The van der Waals surface area contributed by atoms with Crippen LogP contribution in [0.2, 0.25) is 0 Å². The summed E-state index contributed by atoms with van der Waals surface area (Å²) in [5.41, 5.74) is 0.931. The molecule has 1 rings (SSSR count). The fourth-order valence-corrected chi connectivity index (χ4v) is 2.92. The third kappa shape index (κ3) is 6.71. The molecule has 0 atom stereocenters. The number of pyridine rings is 1. The first kappa shape index (κ1) is 15.1. The molecule has 0 saturated carbocycles. The minimum atomic E-state index is -2.89. The number of rotatable bonds is 9. The normalized spacial score (nSPS) is 11.6. The van der Waals surface area contributed by atoms with Crippen molar-refractivity contribution < 1.29 is 8.42 Å². The molecule has 0 aromatic carbocycles. The summed E-state index contributed by atoms with van der Waals surface area (Å²) in [7, 11) is -2.89. The van der Waals surface area contributed by atoms with Gasteiger partial charge in [-0.25, -0.2) is 8.42 Å². The summed E-state index contributed by atoms with van der Waals surface area (Å²) in [6, 6.07) is 5.70. The Morgan fingerprint density at radius 3 is 2.72 bits per heavy atom. The van der Waals surface area contributed by atoms with E-state index in [1.165, 1.54) is 0 Å². The lowest BCUT2D eigenvalue weighted by Gasteiger charge is -2.05. The van der Waals surface area contributed by atoms with Crippen LogP contribution in [0.15, 0.2) is 24.4 Å². The molecule has 0 aliphatic carbocycles. The van der Waals surface area contributed by atoms with Crippen LogP contribution in [-0.4, -0.2) is 31.5 Å². The summed E-state index contributed by atoms with van der Waals surface area (Å²) in [6.45, 7) is 3.18. The maximum absolute atomic E-state index is 11.7. The van der Waals surface area contributed by atoms with Crippen LogP contribution >= 0.6 is 0 Å². The van der Waals surface area contributed by atoms with Crippen LogP contribution in [0.25, 0.3) is 0 Å². The van der Waals surface area contributed by atoms with E-state index in [1.54, 1.807) is 6.20 Å². The Morgan fingerprint density at radius 1 is 1.22 bits per heavy atom. The molecular formula is C13H22N2O2S. The Hall–Kier alpha value is -0.940. The Kier molecular flexibility index (Phi) is 6.90. The van der Waals surface area contributed by atoms with E-state index in [4.69, 9.17) is 0 Å². The first-order valence-corrected chi connectivity index (χ1v) is 8.27. The van der Waals surface area contributed by atoms with Gasteiger partial charge in [-0.3, -0.25) is 4.98 Å². The molecule has 0 aliphatic rings. The van der Waals surface area contributed by atoms with Gasteiger partial charge in [0.25, 0.3) is 0 Å². The lowest BCUT2D eigenvalue weighted by Crippen LogP contribution is -2.24. The highest BCUT2D eigenvalue weighted by Crippen LogP contribution is 2.00. The summed E-state index contributed by atoms with van der Waals surface area (Å²) >= 11 is 0. The number of hydrogen-bond acceptors (Lipinski definition) is 4. The van der Waals surface area contributed by atoms with Crippen LogP contribution in [0.3, 0.4) is 0 Å². The molecule has 1 heterocycles. The smallest absolute Gasteiger partial charge is 0.151 e. The Morgan fingerprint density at radius 2 is 2.06 bits per heavy atom. The van der Waals surface area contributed by atoms with E-state index >= 15 is 0 Å². The molecule has 1 aromatic heterocycles. The molecule has 0 amide bonds. The number of unbranched alkanes of at least 4 members (excludes halogenated alkanes) is 2. The summed E-state index contributed by atoms with van der Waals surface area (Å²) in [5, 5.41) is 3.11.